The Bertz CT molecular complexity index is 1120. The van der Waals surface area contributed by atoms with Gasteiger partial charge in [0.1, 0.15) is 11.5 Å². The molecule has 0 aliphatic heterocycles. The number of nitrogens with zero attached hydrogens (tertiary/aromatic N) is 4. The summed E-state index contributed by atoms with van der Waals surface area (Å²) in [5.41, 5.74) is 6.90. The predicted molar refractivity (Wildman–Crippen MR) is 110 cm³/mol. The van der Waals surface area contributed by atoms with E-state index in [1.165, 1.54) is 5.56 Å². The summed E-state index contributed by atoms with van der Waals surface area (Å²) >= 11 is 6.50. The molecule has 6 heteroatoms. The summed E-state index contributed by atoms with van der Waals surface area (Å²) in [7, 11) is 0. The van der Waals surface area contributed by atoms with Gasteiger partial charge in [-0.25, -0.2) is 9.97 Å². The molecule has 0 saturated carbocycles. The van der Waals surface area contributed by atoms with Gasteiger partial charge in [-0.2, -0.15) is 0 Å². The van der Waals surface area contributed by atoms with Crippen LogP contribution in [0.3, 0.4) is 0 Å². The Hall–Kier alpha value is -2.92. The molecule has 0 aliphatic carbocycles. The molecule has 0 spiro atoms. The van der Waals surface area contributed by atoms with Crippen molar-refractivity contribution in [2.24, 2.45) is 0 Å². The van der Waals surface area contributed by atoms with Crippen molar-refractivity contribution in [2.45, 2.75) is 27.2 Å². The fourth-order valence-corrected chi connectivity index (χ4v) is 3.32. The SMILES string of the molecule is CCc1c(-c2cnc(Nc3ccc(C)nc3)c(Cl)c2)nc2cc(C)ccn12. The van der Waals surface area contributed by atoms with Crippen molar-refractivity contribution >= 4 is 28.8 Å². The third-order valence-electron chi connectivity index (χ3n) is 4.50. The molecule has 4 aromatic rings. The molecule has 0 aliphatic rings. The van der Waals surface area contributed by atoms with Gasteiger partial charge in [-0.15, -0.1) is 0 Å². The highest BCUT2D eigenvalue weighted by Gasteiger charge is 2.15. The standard InChI is InChI=1S/C21H20ClN5/c1-4-18-20(26-19-9-13(2)7-8-27(18)19)15-10-17(22)21(24-11-15)25-16-6-5-14(3)23-12-16/h5-12H,4H2,1-3H3,(H,24,25). The predicted octanol–water partition coefficient (Wildman–Crippen LogP) is 5.37. The average molecular weight is 378 g/mol. The fraction of sp³-hybridized carbons (Fsp3) is 0.190. The number of anilines is 2. The van der Waals surface area contributed by atoms with Gasteiger partial charge in [-0.1, -0.05) is 18.5 Å². The Kier molecular flexibility index (Phi) is 4.54. The number of halogens is 1. The summed E-state index contributed by atoms with van der Waals surface area (Å²) in [6.45, 7) is 6.15. The largest absolute Gasteiger partial charge is 0.338 e. The lowest BCUT2D eigenvalue weighted by atomic mass is 10.1. The Morgan fingerprint density at radius 2 is 1.93 bits per heavy atom. The highest BCUT2D eigenvalue weighted by Crippen LogP contribution is 2.30. The number of hydrogen-bond acceptors (Lipinski definition) is 4. The molecular formula is C21H20ClN5. The summed E-state index contributed by atoms with van der Waals surface area (Å²) in [5, 5.41) is 3.75. The van der Waals surface area contributed by atoms with Crippen LogP contribution in [0.4, 0.5) is 11.5 Å². The molecule has 4 aromatic heterocycles. The number of rotatable bonds is 4. The van der Waals surface area contributed by atoms with E-state index in [9.17, 15) is 0 Å². The van der Waals surface area contributed by atoms with E-state index in [2.05, 4.69) is 51.9 Å². The monoisotopic (exact) mass is 377 g/mol. The Labute approximate surface area is 163 Å². The first kappa shape index (κ1) is 17.5. The minimum absolute atomic E-state index is 0.545. The van der Waals surface area contributed by atoms with E-state index in [-0.39, 0.29) is 0 Å². The number of nitrogens with one attached hydrogen (secondary N) is 1. The van der Waals surface area contributed by atoms with Gasteiger partial charge < -0.3 is 9.72 Å². The molecule has 0 saturated heterocycles. The van der Waals surface area contributed by atoms with Crippen molar-refractivity contribution in [3.8, 4) is 11.3 Å². The van der Waals surface area contributed by atoms with Gasteiger partial charge in [-0.05, 0) is 56.2 Å². The van der Waals surface area contributed by atoms with Crippen molar-refractivity contribution in [3.05, 3.63) is 70.9 Å². The van der Waals surface area contributed by atoms with Crippen molar-refractivity contribution in [2.75, 3.05) is 5.32 Å². The third kappa shape index (κ3) is 3.38. The topological polar surface area (TPSA) is 55.1 Å². The smallest absolute Gasteiger partial charge is 0.149 e. The molecule has 4 rings (SSSR count). The minimum Gasteiger partial charge on any atom is -0.338 e. The Morgan fingerprint density at radius 3 is 2.63 bits per heavy atom. The molecule has 0 atom stereocenters. The van der Waals surface area contributed by atoms with Crippen LogP contribution in [0.15, 0.2) is 48.9 Å². The first-order valence-corrected chi connectivity index (χ1v) is 9.26. The molecule has 0 fully saturated rings. The molecule has 0 radical (unpaired) electrons. The fourth-order valence-electron chi connectivity index (χ4n) is 3.10. The molecule has 5 nitrogen and oxygen atoms in total. The zero-order valence-electron chi connectivity index (χ0n) is 15.5. The molecule has 0 bridgehead atoms. The van der Waals surface area contributed by atoms with E-state index < -0.39 is 0 Å². The van der Waals surface area contributed by atoms with Crippen LogP contribution in [0, 0.1) is 13.8 Å². The zero-order valence-corrected chi connectivity index (χ0v) is 16.2. The highest BCUT2D eigenvalue weighted by molar-refractivity contribution is 6.33. The van der Waals surface area contributed by atoms with Crippen LogP contribution in [0.25, 0.3) is 16.9 Å². The molecule has 0 amide bonds. The van der Waals surface area contributed by atoms with Crippen LogP contribution < -0.4 is 5.32 Å². The maximum Gasteiger partial charge on any atom is 0.149 e. The van der Waals surface area contributed by atoms with E-state index in [4.69, 9.17) is 16.6 Å². The van der Waals surface area contributed by atoms with Gasteiger partial charge in [0.25, 0.3) is 0 Å². The van der Waals surface area contributed by atoms with Crippen molar-refractivity contribution in [3.63, 3.8) is 0 Å². The first-order chi connectivity index (χ1) is 13.0. The average Bonchev–Trinajstić information content (AvgIpc) is 3.02. The van der Waals surface area contributed by atoms with E-state index >= 15 is 0 Å². The summed E-state index contributed by atoms with van der Waals surface area (Å²) in [5.74, 6) is 0.601. The number of hydrogen-bond donors (Lipinski definition) is 1. The van der Waals surface area contributed by atoms with E-state index in [1.807, 2.05) is 31.3 Å². The van der Waals surface area contributed by atoms with Gasteiger partial charge in [0.2, 0.25) is 0 Å². The van der Waals surface area contributed by atoms with Crippen LogP contribution in [0.2, 0.25) is 5.02 Å². The van der Waals surface area contributed by atoms with Gasteiger partial charge in [-0.3, -0.25) is 4.98 Å². The Balaban J connectivity index is 1.72. The lowest BCUT2D eigenvalue weighted by Gasteiger charge is -2.09. The lowest BCUT2D eigenvalue weighted by Crippen LogP contribution is -1.97. The van der Waals surface area contributed by atoms with Gasteiger partial charge in [0.15, 0.2) is 0 Å². The quantitative estimate of drug-likeness (QED) is 0.519. The van der Waals surface area contributed by atoms with Crippen LogP contribution >= 0.6 is 11.6 Å². The zero-order chi connectivity index (χ0) is 19.0. The summed E-state index contributed by atoms with van der Waals surface area (Å²) in [6.07, 6.45) is 6.51. The lowest BCUT2D eigenvalue weighted by molar-refractivity contribution is 0.994. The van der Waals surface area contributed by atoms with Crippen LogP contribution in [0.1, 0.15) is 23.9 Å². The molecule has 0 aromatic carbocycles. The minimum atomic E-state index is 0.545. The van der Waals surface area contributed by atoms with Crippen molar-refractivity contribution < 1.29 is 0 Å². The number of fused-ring (bicyclic) bond motifs is 1. The number of aromatic nitrogens is 4. The van der Waals surface area contributed by atoms with Crippen molar-refractivity contribution in [1.82, 2.24) is 19.4 Å². The maximum absolute atomic E-state index is 6.50. The first-order valence-electron chi connectivity index (χ1n) is 8.88. The van der Waals surface area contributed by atoms with Crippen LogP contribution in [0.5, 0.6) is 0 Å². The normalized spacial score (nSPS) is 11.1. The Morgan fingerprint density at radius 1 is 1.07 bits per heavy atom. The molecule has 0 unspecified atom stereocenters. The van der Waals surface area contributed by atoms with Crippen LogP contribution in [-0.2, 0) is 6.42 Å². The maximum atomic E-state index is 6.50. The molecule has 27 heavy (non-hydrogen) atoms. The molecular weight excluding hydrogens is 358 g/mol. The molecule has 136 valence electrons. The second-order valence-corrected chi connectivity index (χ2v) is 6.97. The number of aryl methyl sites for hydroxylation is 3. The van der Waals surface area contributed by atoms with E-state index in [0.717, 1.165) is 40.4 Å². The van der Waals surface area contributed by atoms with Gasteiger partial charge in [0.05, 0.1) is 28.3 Å². The van der Waals surface area contributed by atoms with Crippen LogP contribution in [-0.4, -0.2) is 19.4 Å². The van der Waals surface area contributed by atoms with E-state index in [0.29, 0.717) is 10.8 Å². The summed E-state index contributed by atoms with van der Waals surface area (Å²) in [4.78, 5) is 13.6. The summed E-state index contributed by atoms with van der Waals surface area (Å²) in [6, 6.07) is 9.97. The second kappa shape index (κ2) is 7.00. The number of pyridine rings is 3. The third-order valence-corrected chi connectivity index (χ3v) is 4.79. The summed E-state index contributed by atoms with van der Waals surface area (Å²) < 4.78 is 2.13. The van der Waals surface area contributed by atoms with Gasteiger partial charge >= 0.3 is 0 Å². The molecule has 1 N–H and O–H groups in total. The van der Waals surface area contributed by atoms with E-state index in [1.54, 1.807) is 6.20 Å². The second-order valence-electron chi connectivity index (χ2n) is 6.56. The molecule has 4 heterocycles. The number of imidazole rings is 1. The van der Waals surface area contributed by atoms with Gasteiger partial charge in [0, 0.05) is 23.7 Å². The van der Waals surface area contributed by atoms with Crippen molar-refractivity contribution in [1.29, 1.82) is 0 Å². The highest BCUT2D eigenvalue weighted by atomic mass is 35.5.